The van der Waals surface area contributed by atoms with Gasteiger partial charge in [0.2, 0.25) is 0 Å². The molecule has 2 aliphatic rings. The van der Waals surface area contributed by atoms with Gasteiger partial charge in [-0.2, -0.15) is 0 Å². The number of fused-ring (bicyclic) bond motifs is 1. The number of piperidine rings is 1. The van der Waals surface area contributed by atoms with E-state index in [0.717, 1.165) is 17.8 Å². The van der Waals surface area contributed by atoms with Crippen molar-refractivity contribution >= 4 is 0 Å². The second-order valence-corrected chi connectivity index (χ2v) is 7.30. The van der Waals surface area contributed by atoms with Crippen molar-refractivity contribution in [3.05, 3.63) is 0 Å². The Labute approximate surface area is 103 Å². The van der Waals surface area contributed by atoms with Gasteiger partial charge in [0, 0.05) is 18.6 Å². The summed E-state index contributed by atoms with van der Waals surface area (Å²) in [5.74, 6) is 3.02. The Morgan fingerprint density at radius 1 is 0.812 bits per heavy atom. The standard InChI is InChI=1S/C13H25N.C2H6/c1-12(2,3)11-9-7-14(8-10(9)11)13(4,5)6;1-2/h9-11H,7-8H2,1-6H3;1-2H3. The van der Waals surface area contributed by atoms with E-state index in [-0.39, 0.29) is 0 Å². The third kappa shape index (κ3) is 2.61. The van der Waals surface area contributed by atoms with Crippen molar-refractivity contribution < 1.29 is 0 Å². The molecule has 2 atom stereocenters. The molecule has 1 nitrogen and oxygen atoms in total. The van der Waals surface area contributed by atoms with Crippen LogP contribution in [0, 0.1) is 23.2 Å². The zero-order valence-electron chi connectivity index (χ0n) is 12.6. The third-order valence-corrected chi connectivity index (χ3v) is 4.14. The summed E-state index contributed by atoms with van der Waals surface area (Å²) in [6.07, 6.45) is 0. The summed E-state index contributed by atoms with van der Waals surface area (Å²) in [5, 5.41) is 0. The first-order valence-corrected chi connectivity index (χ1v) is 6.96. The minimum atomic E-state index is 0.385. The summed E-state index contributed by atoms with van der Waals surface area (Å²) in [6, 6.07) is 0. The van der Waals surface area contributed by atoms with E-state index in [1.165, 1.54) is 13.1 Å². The van der Waals surface area contributed by atoms with E-state index < -0.39 is 0 Å². The molecule has 96 valence electrons. The normalized spacial score (nSPS) is 34.1. The predicted molar refractivity (Wildman–Crippen MR) is 72.6 cm³/mol. The van der Waals surface area contributed by atoms with Crippen LogP contribution in [0.5, 0.6) is 0 Å². The molecular formula is C15H31N. The molecule has 1 aliphatic heterocycles. The van der Waals surface area contributed by atoms with Crippen LogP contribution in [0.4, 0.5) is 0 Å². The Morgan fingerprint density at radius 3 is 1.44 bits per heavy atom. The molecule has 0 amide bonds. The summed E-state index contributed by atoms with van der Waals surface area (Å²) in [6.45, 7) is 20.9. The maximum Gasteiger partial charge on any atom is 0.0125 e. The molecule has 0 aromatic heterocycles. The molecule has 0 N–H and O–H groups in total. The highest BCUT2D eigenvalue weighted by Gasteiger charge is 2.60. The van der Waals surface area contributed by atoms with Crippen LogP contribution >= 0.6 is 0 Å². The molecule has 0 aromatic carbocycles. The van der Waals surface area contributed by atoms with Gasteiger partial charge in [0.15, 0.2) is 0 Å². The minimum Gasteiger partial charge on any atom is -0.298 e. The molecule has 2 rings (SSSR count). The molecule has 16 heavy (non-hydrogen) atoms. The van der Waals surface area contributed by atoms with Gasteiger partial charge in [0.1, 0.15) is 0 Å². The predicted octanol–water partition coefficient (Wildman–Crippen LogP) is 4.04. The highest BCUT2D eigenvalue weighted by Crippen LogP contribution is 2.60. The number of hydrogen-bond donors (Lipinski definition) is 0. The van der Waals surface area contributed by atoms with Gasteiger partial charge in [-0.25, -0.2) is 0 Å². The van der Waals surface area contributed by atoms with E-state index in [4.69, 9.17) is 0 Å². The maximum atomic E-state index is 2.66. The largest absolute Gasteiger partial charge is 0.298 e. The zero-order valence-corrected chi connectivity index (χ0v) is 12.6. The van der Waals surface area contributed by atoms with Gasteiger partial charge in [-0.3, -0.25) is 4.90 Å². The molecule has 1 aliphatic carbocycles. The molecule has 1 heterocycles. The van der Waals surface area contributed by atoms with Crippen LogP contribution in [0.25, 0.3) is 0 Å². The Kier molecular flexibility index (Phi) is 3.79. The van der Waals surface area contributed by atoms with Crippen LogP contribution in [-0.2, 0) is 0 Å². The maximum absolute atomic E-state index is 2.66. The van der Waals surface area contributed by atoms with Crippen molar-refractivity contribution in [3.8, 4) is 0 Å². The average Bonchev–Trinajstić information content (AvgIpc) is 2.66. The fraction of sp³-hybridized carbons (Fsp3) is 1.00. The van der Waals surface area contributed by atoms with Crippen LogP contribution in [0.1, 0.15) is 55.4 Å². The van der Waals surface area contributed by atoms with Gasteiger partial charge >= 0.3 is 0 Å². The topological polar surface area (TPSA) is 3.24 Å². The van der Waals surface area contributed by atoms with E-state index in [1.807, 2.05) is 13.8 Å². The Balaban J connectivity index is 0.000000606. The van der Waals surface area contributed by atoms with Gasteiger partial charge in [0.05, 0.1) is 0 Å². The lowest BCUT2D eigenvalue weighted by Crippen LogP contribution is -2.42. The summed E-state index contributed by atoms with van der Waals surface area (Å²) < 4.78 is 0. The van der Waals surface area contributed by atoms with Crippen molar-refractivity contribution in [1.29, 1.82) is 0 Å². The molecule has 1 heteroatoms. The van der Waals surface area contributed by atoms with Crippen LogP contribution in [0.3, 0.4) is 0 Å². The van der Waals surface area contributed by atoms with Crippen molar-refractivity contribution in [1.82, 2.24) is 4.90 Å². The monoisotopic (exact) mass is 225 g/mol. The molecule has 0 radical (unpaired) electrons. The average molecular weight is 225 g/mol. The molecule has 1 saturated heterocycles. The molecule has 0 spiro atoms. The van der Waals surface area contributed by atoms with Gasteiger partial charge in [-0.15, -0.1) is 0 Å². The van der Waals surface area contributed by atoms with Crippen LogP contribution in [0.2, 0.25) is 0 Å². The fourth-order valence-corrected chi connectivity index (χ4v) is 3.36. The molecular weight excluding hydrogens is 194 g/mol. The van der Waals surface area contributed by atoms with Gasteiger partial charge in [0.25, 0.3) is 0 Å². The second kappa shape index (κ2) is 4.33. The first-order valence-electron chi connectivity index (χ1n) is 6.96. The zero-order chi connectivity index (χ0) is 12.7. The lowest BCUT2D eigenvalue weighted by atomic mass is 9.86. The Morgan fingerprint density at radius 2 is 1.19 bits per heavy atom. The lowest BCUT2D eigenvalue weighted by molar-refractivity contribution is 0.130. The van der Waals surface area contributed by atoms with Crippen molar-refractivity contribution in [2.45, 2.75) is 60.9 Å². The first kappa shape index (κ1) is 14.0. The molecule has 1 saturated carbocycles. The van der Waals surface area contributed by atoms with Gasteiger partial charge < -0.3 is 0 Å². The van der Waals surface area contributed by atoms with E-state index in [0.29, 0.717) is 11.0 Å². The molecule has 0 bridgehead atoms. The quantitative estimate of drug-likeness (QED) is 0.601. The summed E-state index contributed by atoms with van der Waals surface area (Å²) in [7, 11) is 0. The highest BCUT2D eigenvalue weighted by molar-refractivity contribution is 5.10. The van der Waals surface area contributed by atoms with Crippen molar-refractivity contribution in [2.75, 3.05) is 13.1 Å². The van der Waals surface area contributed by atoms with E-state index in [9.17, 15) is 0 Å². The highest BCUT2D eigenvalue weighted by atomic mass is 15.2. The van der Waals surface area contributed by atoms with E-state index in [1.54, 1.807) is 0 Å². The Bertz CT molecular complexity index is 207. The molecule has 2 fully saturated rings. The number of nitrogens with zero attached hydrogens (tertiary/aromatic N) is 1. The second-order valence-electron chi connectivity index (χ2n) is 7.30. The Hall–Kier alpha value is -0.0400. The summed E-state index contributed by atoms with van der Waals surface area (Å²) in [5.41, 5.74) is 0.926. The minimum absolute atomic E-state index is 0.385. The fourth-order valence-electron chi connectivity index (χ4n) is 3.36. The van der Waals surface area contributed by atoms with Crippen LogP contribution in [0.15, 0.2) is 0 Å². The molecule has 0 aromatic rings. The van der Waals surface area contributed by atoms with Crippen molar-refractivity contribution in [2.24, 2.45) is 23.2 Å². The molecule has 2 unspecified atom stereocenters. The van der Waals surface area contributed by atoms with E-state index >= 15 is 0 Å². The number of hydrogen-bond acceptors (Lipinski definition) is 1. The number of rotatable bonds is 0. The summed E-state index contributed by atoms with van der Waals surface area (Å²) >= 11 is 0. The number of likely N-dealkylation sites (tertiary alicyclic amines) is 1. The first-order chi connectivity index (χ1) is 7.21. The van der Waals surface area contributed by atoms with Gasteiger partial charge in [-0.1, -0.05) is 34.6 Å². The van der Waals surface area contributed by atoms with Gasteiger partial charge in [-0.05, 0) is 43.9 Å². The smallest absolute Gasteiger partial charge is 0.0125 e. The SMILES string of the molecule is CC.CC(C)(C)C1C2CN(C(C)(C)C)CC21. The van der Waals surface area contributed by atoms with Crippen LogP contribution in [-0.4, -0.2) is 23.5 Å². The van der Waals surface area contributed by atoms with Crippen molar-refractivity contribution in [3.63, 3.8) is 0 Å². The lowest BCUT2D eigenvalue weighted by Gasteiger charge is -2.35. The third-order valence-electron chi connectivity index (χ3n) is 4.14. The van der Waals surface area contributed by atoms with Crippen LogP contribution < -0.4 is 0 Å². The summed E-state index contributed by atoms with van der Waals surface area (Å²) in [4.78, 5) is 2.66. The van der Waals surface area contributed by atoms with E-state index in [2.05, 4.69) is 46.4 Å².